The minimum absolute atomic E-state index is 0.634. The van der Waals surface area contributed by atoms with Crippen LogP contribution in [-0.2, 0) is 0 Å². The van der Waals surface area contributed by atoms with Crippen molar-refractivity contribution < 1.29 is 0 Å². The molecule has 10 aromatic carbocycles. The summed E-state index contributed by atoms with van der Waals surface area (Å²) in [5.41, 5.74) is 16.7. The smallest absolute Gasteiger partial charge is 0.164 e. The third-order valence-electron chi connectivity index (χ3n) is 13.1. The molecule has 0 amide bonds. The van der Waals surface area contributed by atoms with Crippen LogP contribution in [0.15, 0.2) is 249 Å². The van der Waals surface area contributed by atoms with E-state index < -0.39 is 0 Å². The zero-order valence-corrected chi connectivity index (χ0v) is 36.9. The standard InChI is InChI=1S/C63H41N5/c1-5-17-42(18-6-1)61-64-62(43-19-7-2-8-20-43)66-63(65-61)50-24-16-23-46(38-50)44-21-15-22-45(37-44)47-31-35-59-55(40-47)56-41-49(33-36-60(56)68(59)52-27-11-4-12-28-52)48-32-34-58-54(39-48)53-29-13-14-30-57(53)67(58)51-25-9-3-10-26-51/h1-41H. The van der Waals surface area contributed by atoms with Crippen molar-refractivity contribution in [3.8, 4) is 78.9 Å². The van der Waals surface area contributed by atoms with Gasteiger partial charge in [-0.2, -0.15) is 0 Å². The van der Waals surface area contributed by atoms with Gasteiger partial charge in [0.15, 0.2) is 17.5 Å². The predicted octanol–water partition coefficient (Wildman–Crippen LogP) is 16.1. The first-order valence-corrected chi connectivity index (χ1v) is 23.0. The van der Waals surface area contributed by atoms with Gasteiger partial charge in [0.1, 0.15) is 0 Å². The fourth-order valence-electron chi connectivity index (χ4n) is 9.90. The number of aromatic nitrogens is 5. The van der Waals surface area contributed by atoms with Gasteiger partial charge in [0, 0.05) is 49.6 Å². The van der Waals surface area contributed by atoms with Crippen molar-refractivity contribution in [3.05, 3.63) is 249 Å². The normalized spacial score (nSPS) is 11.5. The van der Waals surface area contributed by atoms with Gasteiger partial charge in [-0.25, -0.2) is 15.0 Å². The maximum atomic E-state index is 5.01. The molecule has 0 N–H and O–H groups in total. The summed E-state index contributed by atoms with van der Waals surface area (Å²) in [7, 11) is 0. The van der Waals surface area contributed by atoms with Crippen molar-refractivity contribution in [2.24, 2.45) is 0 Å². The molecule has 0 aliphatic carbocycles. The van der Waals surface area contributed by atoms with E-state index in [1.807, 2.05) is 60.7 Å². The summed E-state index contributed by atoms with van der Waals surface area (Å²) in [6.07, 6.45) is 0. The van der Waals surface area contributed by atoms with E-state index in [2.05, 4.69) is 197 Å². The van der Waals surface area contributed by atoms with E-state index in [0.717, 1.165) is 50.3 Å². The van der Waals surface area contributed by atoms with Crippen LogP contribution < -0.4 is 0 Å². The summed E-state index contributed by atoms with van der Waals surface area (Å²) in [5.74, 6) is 1.92. The van der Waals surface area contributed by atoms with Gasteiger partial charge in [-0.05, 0) is 112 Å². The van der Waals surface area contributed by atoms with E-state index in [4.69, 9.17) is 15.0 Å². The van der Waals surface area contributed by atoms with Crippen molar-refractivity contribution in [3.63, 3.8) is 0 Å². The zero-order valence-electron chi connectivity index (χ0n) is 36.9. The summed E-state index contributed by atoms with van der Waals surface area (Å²) in [6.45, 7) is 0. The molecule has 3 heterocycles. The number of hydrogen-bond acceptors (Lipinski definition) is 3. The van der Waals surface area contributed by atoms with Crippen LogP contribution in [0.5, 0.6) is 0 Å². The second-order valence-electron chi connectivity index (χ2n) is 17.3. The molecular weight excluding hydrogens is 827 g/mol. The highest BCUT2D eigenvalue weighted by atomic mass is 15.0. The summed E-state index contributed by atoms with van der Waals surface area (Å²) in [6, 6.07) is 88.4. The van der Waals surface area contributed by atoms with Crippen molar-refractivity contribution >= 4 is 43.6 Å². The SMILES string of the molecule is c1ccc(-c2nc(-c3ccccc3)nc(-c3cccc(-c4cccc(-c5ccc6c(c5)c5cc(-c7ccc8c(c7)c7ccccc7n8-c7ccccc7)ccc5n6-c5ccccc5)c4)c3)n2)cc1. The van der Waals surface area contributed by atoms with Crippen LogP contribution in [0.3, 0.4) is 0 Å². The molecule has 0 unspecified atom stereocenters. The first-order chi connectivity index (χ1) is 33.7. The molecule has 0 aliphatic heterocycles. The third kappa shape index (κ3) is 6.84. The number of fused-ring (bicyclic) bond motifs is 6. The molecule has 0 saturated heterocycles. The Hall–Kier alpha value is -9.19. The Kier molecular flexibility index (Phi) is 9.43. The van der Waals surface area contributed by atoms with Crippen LogP contribution in [0, 0.1) is 0 Å². The van der Waals surface area contributed by atoms with Gasteiger partial charge in [0.25, 0.3) is 0 Å². The summed E-state index contributed by atoms with van der Waals surface area (Å²) >= 11 is 0. The van der Waals surface area contributed by atoms with Crippen molar-refractivity contribution in [2.75, 3.05) is 0 Å². The second-order valence-corrected chi connectivity index (χ2v) is 17.3. The van der Waals surface area contributed by atoms with Crippen molar-refractivity contribution in [1.29, 1.82) is 0 Å². The molecule has 318 valence electrons. The molecule has 68 heavy (non-hydrogen) atoms. The molecule has 0 radical (unpaired) electrons. The Morgan fingerprint density at radius 3 is 0.971 bits per heavy atom. The molecule has 13 rings (SSSR count). The lowest BCUT2D eigenvalue weighted by Crippen LogP contribution is -2.00. The minimum Gasteiger partial charge on any atom is -0.309 e. The van der Waals surface area contributed by atoms with E-state index in [1.54, 1.807) is 0 Å². The molecule has 3 aromatic heterocycles. The average Bonchev–Trinajstić information content (AvgIpc) is 3.93. The van der Waals surface area contributed by atoms with Gasteiger partial charge < -0.3 is 9.13 Å². The largest absolute Gasteiger partial charge is 0.309 e. The quantitative estimate of drug-likeness (QED) is 0.153. The van der Waals surface area contributed by atoms with E-state index in [1.165, 1.54) is 54.7 Å². The van der Waals surface area contributed by atoms with Crippen molar-refractivity contribution in [1.82, 2.24) is 24.1 Å². The first-order valence-electron chi connectivity index (χ1n) is 23.0. The maximum absolute atomic E-state index is 5.01. The van der Waals surface area contributed by atoms with Gasteiger partial charge in [-0.3, -0.25) is 0 Å². The van der Waals surface area contributed by atoms with Gasteiger partial charge >= 0.3 is 0 Å². The highest BCUT2D eigenvalue weighted by Gasteiger charge is 2.18. The number of benzene rings is 10. The van der Waals surface area contributed by atoms with E-state index >= 15 is 0 Å². The summed E-state index contributed by atoms with van der Waals surface area (Å²) in [5, 5.41) is 4.90. The second kappa shape index (κ2) is 16.4. The highest BCUT2D eigenvalue weighted by Crippen LogP contribution is 2.40. The monoisotopic (exact) mass is 867 g/mol. The van der Waals surface area contributed by atoms with Crippen LogP contribution in [0.25, 0.3) is 123 Å². The lowest BCUT2D eigenvalue weighted by atomic mass is 9.96. The molecule has 0 saturated carbocycles. The van der Waals surface area contributed by atoms with Crippen LogP contribution >= 0.6 is 0 Å². The molecular formula is C63H41N5. The van der Waals surface area contributed by atoms with E-state index in [0.29, 0.717) is 17.5 Å². The predicted molar refractivity (Wildman–Crippen MR) is 281 cm³/mol. The van der Waals surface area contributed by atoms with E-state index in [-0.39, 0.29) is 0 Å². The van der Waals surface area contributed by atoms with Crippen LogP contribution in [0.4, 0.5) is 0 Å². The van der Waals surface area contributed by atoms with Gasteiger partial charge in [0.2, 0.25) is 0 Å². The van der Waals surface area contributed by atoms with Crippen molar-refractivity contribution in [2.45, 2.75) is 0 Å². The molecule has 5 nitrogen and oxygen atoms in total. The lowest BCUT2D eigenvalue weighted by molar-refractivity contribution is 1.07. The van der Waals surface area contributed by atoms with Gasteiger partial charge in [-0.15, -0.1) is 0 Å². The Morgan fingerprint density at radius 1 is 0.206 bits per heavy atom. The Labute approximate surface area is 393 Å². The number of nitrogens with zero attached hydrogens (tertiary/aromatic N) is 5. The Bertz CT molecular complexity index is 3950. The minimum atomic E-state index is 0.634. The van der Waals surface area contributed by atoms with E-state index in [9.17, 15) is 0 Å². The van der Waals surface area contributed by atoms with Gasteiger partial charge in [-0.1, -0.05) is 170 Å². The average molecular weight is 868 g/mol. The Morgan fingerprint density at radius 2 is 0.515 bits per heavy atom. The highest BCUT2D eigenvalue weighted by molar-refractivity contribution is 6.13. The molecule has 0 aliphatic rings. The summed E-state index contributed by atoms with van der Waals surface area (Å²) < 4.78 is 4.77. The molecule has 13 aromatic rings. The zero-order chi connectivity index (χ0) is 45.0. The van der Waals surface area contributed by atoms with Gasteiger partial charge in [0.05, 0.1) is 22.1 Å². The van der Waals surface area contributed by atoms with Crippen LogP contribution in [-0.4, -0.2) is 24.1 Å². The maximum Gasteiger partial charge on any atom is 0.164 e. The van der Waals surface area contributed by atoms with Crippen LogP contribution in [0.1, 0.15) is 0 Å². The first kappa shape index (κ1) is 39.2. The number of para-hydroxylation sites is 3. The Balaban J connectivity index is 0.912. The fraction of sp³-hybridized carbons (Fsp3) is 0. The molecule has 0 fully saturated rings. The molecule has 0 spiro atoms. The molecule has 0 bridgehead atoms. The lowest BCUT2D eigenvalue weighted by Gasteiger charge is -2.11. The number of rotatable bonds is 8. The topological polar surface area (TPSA) is 48.5 Å². The van der Waals surface area contributed by atoms with Crippen LogP contribution in [0.2, 0.25) is 0 Å². The molecule has 5 heteroatoms. The number of hydrogen-bond donors (Lipinski definition) is 0. The molecule has 0 atom stereocenters. The third-order valence-corrected chi connectivity index (χ3v) is 13.1. The summed E-state index contributed by atoms with van der Waals surface area (Å²) in [4.78, 5) is 14.9. The fourth-order valence-corrected chi connectivity index (χ4v) is 9.90.